The molecule has 0 aromatic heterocycles. The molecule has 1 unspecified atom stereocenters. The van der Waals surface area contributed by atoms with Gasteiger partial charge in [-0.05, 0) is 18.8 Å². The highest BCUT2D eigenvalue weighted by atomic mass is 32.2. The Hall–Kier alpha value is -0.170. The third-order valence-corrected chi connectivity index (χ3v) is 3.07. The van der Waals surface area contributed by atoms with Crippen LogP contribution in [0.2, 0.25) is 0 Å². The molecular formula is C10H22O5S. The molecule has 0 spiro atoms. The van der Waals surface area contributed by atoms with Crippen LogP contribution < -0.4 is 0 Å². The Morgan fingerprint density at radius 2 is 1.94 bits per heavy atom. The zero-order chi connectivity index (χ0) is 12.6. The summed E-state index contributed by atoms with van der Waals surface area (Å²) in [5.74, 6) is 0.612. The van der Waals surface area contributed by atoms with E-state index in [1.54, 1.807) is 0 Å². The van der Waals surface area contributed by atoms with Gasteiger partial charge in [0.1, 0.15) is 0 Å². The lowest BCUT2D eigenvalue weighted by molar-refractivity contribution is 0.0838. The molecule has 16 heavy (non-hydrogen) atoms. The molecule has 0 aromatic rings. The van der Waals surface area contributed by atoms with Crippen molar-refractivity contribution >= 4 is 10.1 Å². The van der Waals surface area contributed by atoms with E-state index in [4.69, 9.17) is 14.8 Å². The fraction of sp³-hybridized carbons (Fsp3) is 1.00. The van der Waals surface area contributed by atoms with Crippen LogP contribution in [0, 0.1) is 5.92 Å². The van der Waals surface area contributed by atoms with E-state index in [0.29, 0.717) is 6.42 Å². The van der Waals surface area contributed by atoms with Crippen molar-refractivity contribution in [3.05, 3.63) is 0 Å². The van der Waals surface area contributed by atoms with Gasteiger partial charge in [-0.15, -0.1) is 0 Å². The molecular weight excluding hydrogens is 232 g/mol. The average molecular weight is 254 g/mol. The molecule has 1 saturated carbocycles. The van der Waals surface area contributed by atoms with Crippen molar-refractivity contribution in [3.8, 4) is 0 Å². The molecule has 1 fully saturated rings. The van der Waals surface area contributed by atoms with Gasteiger partial charge in [-0.2, -0.15) is 8.42 Å². The van der Waals surface area contributed by atoms with E-state index in [1.807, 2.05) is 6.92 Å². The third-order valence-electron chi connectivity index (χ3n) is 2.27. The minimum atomic E-state index is -3.69. The Bertz CT molecular complexity index is 258. The molecule has 0 saturated heterocycles. The van der Waals surface area contributed by atoms with Gasteiger partial charge in [-0.3, -0.25) is 4.55 Å². The molecule has 98 valence electrons. The van der Waals surface area contributed by atoms with Crippen LogP contribution in [-0.2, 0) is 10.1 Å². The molecule has 6 heteroatoms. The van der Waals surface area contributed by atoms with E-state index in [0.717, 1.165) is 18.8 Å². The van der Waals surface area contributed by atoms with Crippen molar-refractivity contribution < 1.29 is 23.2 Å². The molecule has 1 aliphatic rings. The van der Waals surface area contributed by atoms with Crippen LogP contribution in [0.1, 0.15) is 39.0 Å². The quantitative estimate of drug-likeness (QED) is 0.610. The van der Waals surface area contributed by atoms with Crippen molar-refractivity contribution in [2.45, 2.75) is 45.1 Å². The maximum atomic E-state index is 9.95. The van der Waals surface area contributed by atoms with Crippen LogP contribution >= 0.6 is 0 Å². The molecule has 0 bridgehead atoms. The Morgan fingerprint density at radius 3 is 2.19 bits per heavy atom. The smallest absolute Gasteiger partial charge is 0.264 e. The van der Waals surface area contributed by atoms with Gasteiger partial charge >= 0.3 is 0 Å². The highest BCUT2D eigenvalue weighted by Gasteiger charge is 2.23. The minimum Gasteiger partial charge on any atom is -0.394 e. The Kier molecular flexibility index (Phi) is 7.91. The summed E-state index contributed by atoms with van der Waals surface area (Å²) in [6.07, 6.45) is 4.17. The zero-order valence-corrected chi connectivity index (χ0v) is 10.5. The van der Waals surface area contributed by atoms with Gasteiger partial charge in [0.15, 0.2) is 0 Å². The molecule has 0 radical (unpaired) electrons. The van der Waals surface area contributed by atoms with E-state index < -0.39 is 16.2 Å². The largest absolute Gasteiger partial charge is 0.394 e. The van der Waals surface area contributed by atoms with E-state index in [-0.39, 0.29) is 12.4 Å². The highest BCUT2D eigenvalue weighted by Crippen LogP contribution is 2.33. The van der Waals surface area contributed by atoms with Crippen molar-refractivity contribution in [1.29, 1.82) is 0 Å². The predicted octanol–water partition coefficient (Wildman–Crippen LogP) is 0.814. The van der Waals surface area contributed by atoms with Crippen LogP contribution in [0.15, 0.2) is 0 Å². The minimum absolute atomic E-state index is 0.0729. The van der Waals surface area contributed by atoms with Crippen LogP contribution in [0.25, 0.3) is 0 Å². The number of unbranched alkanes of at least 4 members (excludes halogenated alkanes) is 1. The summed E-state index contributed by atoms with van der Waals surface area (Å²) in [5.41, 5.74) is 0. The molecule has 1 rings (SSSR count). The number of hydrogen-bond donors (Lipinski definition) is 3. The maximum absolute atomic E-state index is 9.95. The fourth-order valence-corrected chi connectivity index (χ4v) is 1.79. The Balaban J connectivity index is 0.000000281. The number of aliphatic hydroxyl groups excluding tert-OH is 2. The summed E-state index contributed by atoms with van der Waals surface area (Å²) in [6, 6.07) is 0. The summed E-state index contributed by atoms with van der Waals surface area (Å²) < 4.78 is 28.0. The van der Waals surface area contributed by atoms with Gasteiger partial charge in [0.05, 0.1) is 18.5 Å². The number of rotatable bonds is 6. The summed E-state index contributed by atoms with van der Waals surface area (Å²) in [5, 5.41) is 17.2. The molecule has 3 N–H and O–H groups in total. The van der Waals surface area contributed by atoms with Crippen LogP contribution in [0.4, 0.5) is 0 Å². The molecule has 1 atom stereocenters. The molecule has 0 heterocycles. The number of hydrogen-bond acceptors (Lipinski definition) is 4. The van der Waals surface area contributed by atoms with Crippen LogP contribution in [0.3, 0.4) is 0 Å². The maximum Gasteiger partial charge on any atom is 0.264 e. The third kappa shape index (κ3) is 11.9. The topological polar surface area (TPSA) is 94.8 Å². The van der Waals surface area contributed by atoms with Crippen LogP contribution in [0.5, 0.6) is 0 Å². The first-order chi connectivity index (χ1) is 7.39. The molecule has 5 nitrogen and oxygen atoms in total. The average Bonchev–Trinajstić information content (AvgIpc) is 2.98. The Labute approximate surface area is 97.2 Å². The zero-order valence-electron chi connectivity index (χ0n) is 9.67. The monoisotopic (exact) mass is 254 g/mol. The lowest BCUT2D eigenvalue weighted by Gasteiger charge is -2.02. The fourth-order valence-electron chi connectivity index (χ4n) is 1.14. The standard InChI is InChI=1S/C6H12O2.C4H10O3S/c7-4-6(8)3-5-1-2-5;1-2-3-4-8(5,6)7/h5-8H,1-4H2;2-4H2,1H3,(H,5,6,7). The molecule has 0 amide bonds. The molecule has 0 aliphatic heterocycles. The van der Waals surface area contributed by atoms with Crippen molar-refractivity contribution in [2.24, 2.45) is 5.92 Å². The second-order valence-electron chi connectivity index (χ2n) is 4.16. The first-order valence-electron chi connectivity index (χ1n) is 5.63. The summed E-state index contributed by atoms with van der Waals surface area (Å²) >= 11 is 0. The molecule has 0 aromatic carbocycles. The first-order valence-corrected chi connectivity index (χ1v) is 7.24. The van der Waals surface area contributed by atoms with Crippen molar-refractivity contribution in [1.82, 2.24) is 0 Å². The van der Waals surface area contributed by atoms with Gasteiger partial charge in [-0.25, -0.2) is 0 Å². The van der Waals surface area contributed by atoms with Gasteiger partial charge in [0, 0.05) is 0 Å². The SMILES string of the molecule is CCCCS(=O)(=O)O.OCC(O)CC1CC1. The van der Waals surface area contributed by atoms with E-state index in [2.05, 4.69) is 0 Å². The second kappa shape index (κ2) is 8.00. The van der Waals surface area contributed by atoms with Gasteiger partial charge < -0.3 is 10.2 Å². The van der Waals surface area contributed by atoms with Crippen molar-refractivity contribution in [2.75, 3.05) is 12.4 Å². The highest BCUT2D eigenvalue weighted by molar-refractivity contribution is 7.85. The summed E-state index contributed by atoms with van der Waals surface area (Å²) in [6.45, 7) is 1.79. The van der Waals surface area contributed by atoms with E-state index in [1.165, 1.54) is 12.8 Å². The van der Waals surface area contributed by atoms with Crippen molar-refractivity contribution in [3.63, 3.8) is 0 Å². The van der Waals surface area contributed by atoms with E-state index in [9.17, 15) is 8.42 Å². The summed E-state index contributed by atoms with van der Waals surface area (Å²) in [7, 11) is -3.69. The van der Waals surface area contributed by atoms with E-state index >= 15 is 0 Å². The van der Waals surface area contributed by atoms with Gasteiger partial charge in [0.2, 0.25) is 0 Å². The number of aliphatic hydroxyl groups is 2. The lowest BCUT2D eigenvalue weighted by atomic mass is 10.2. The van der Waals surface area contributed by atoms with Gasteiger partial charge in [-0.1, -0.05) is 26.2 Å². The molecule has 1 aliphatic carbocycles. The summed E-state index contributed by atoms with van der Waals surface area (Å²) in [4.78, 5) is 0. The second-order valence-corrected chi connectivity index (χ2v) is 5.73. The first kappa shape index (κ1) is 15.8. The van der Waals surface area contributed by atoms with Crippen LogP contribution in [-0.4, -0.2) is 41.6 Å². The van der Waals surface area contributed by atoms with Gasteiger partial charge in [0.25, 0.3) is 10.1 Å². The lowest BCUT2D eigenvalue weighted by Crippen LogP contribution is -2.11. The Morgan fingerprint density at radius 1 is 1.38 bits per heavy atom. The predicted molar refractivity (Wildman–Crippen MR) is 61.8 cm³/mol. The normalized spacial score (nSPS) is 17.5.